The van der Waals surface area contributed by atoms with Crippen molar-refractivity contribution in [1.82, 2.24) is 0 Å². The minimum absolute atomic E-state index is 0.582. The van der Waals surface area contributed by atoms with Crippen LogP contribution in [-0.2, 0) is 17.6 Å². The van der Waals surface area contributed by atoms with Crippen LogP contribution in [0.2, 0.25) is 0 Å². The Balaban J connectivity index is 2.52. The van der Waals surface area contributed by atoms with Crippen LogP contribution in [0.4, 0.5) is 0 Å². The quantitative estimate of drug-likeness (QED) is 0.651. The van der Waals surface area contributed by atoms with Crippen molar-refractivity contribution in [3.63, 3.8) is 0 Å². The maximum Gasteiger partial charge on any atom is 0.156 e. The van der Waals surface area contributed by atoms with E-state index < -0.39 is 11.2 Å². The van der Waals surface area contributed by atoms with Crippen molar-refractivity contribution in [3.8, 4) is 0 Å². The van der Waals surface area contributed by atoms with Crippen molar-refractivity contribution in [2.75, 3.05) is 6.26 Å². The molecule has 0 aromatic heterocycles. The first kappa shape index (κ1) is 10.1. The Morgan fingerprint density at radius 2 is 2.21 bits per heavy atom. The molecule has 76 valence electrons. The third-order valence-corrected chi connectivity index (χ3v) is 4.02. The summed E-state index contributed by atoms with van der Waals surface area (Å²) in [6.45, 7) is 2.24. The Kier molecular flexibility index (Phi) is 2.84. The Labute approximate surface area is 88.7 Å². The van der Waals surface area contributed by atoms with Crippen LogP contribution in [0.5, 0.6) is 0 Å². The summed E-state index contributed by atoms with van der Waals surface area (Å²) in [5.74, 6) is 0.582. The van der Waals surface area contributed by atoms with Gasteiger partial charge in [-0.05, 0) is 48.0 Å². The number of benzene rings is 1. The third kappa shape index (κ3) is 1.69. The monoisotopic (exact) mass is 208 g/mol. The lowest BCUT2D eigenvalue weighted by Gasteiger charge is -2.24. The smallest absolute Gasteiger partial charge is 0.156 e. The maximum atomic E-state index is 11.6. The fraction of sp³-hybridized carbons (Fsp3) is 0.500. The zero-order valence-electron chi connectivity index (χ0n) is 8.75. The summed E-state index contributed by atoms with van der Waals surface area (Å²) >= 11 is -0.839. The largest absolute Gasteiger partial charge is 0.612 e. The van der Waals surface area contributed by atoms with E-state index in [-0.39, 0.29) is 0 Å². The van der Waals surface area contributed by atoms with Crippen molar-refractivity contribution in [3.05, 3.63) is 29.3 Å². The van der Waals surface area contributed by atoms with Gasteiger partial charge in [0, 0.05) is 5.56 Å². The first-order valence-electron chi connectivity index (χ1n) is 5.15. The van der Waals surface area contributed by atoms with Crippen LogP contribution in [0.25, 0.3) is 0 Å². The van der Waals surface area contributed by atoms with Gasteiger partial charge >= 0.3 is 0 Å². The molecule has 0 heterocycles. The molecule has 0 spiro atoms. The van der Waals surface area contributed by atoms with Crippen LogP contribution in [-0.4, -0.2) is 10.8 Å². The molecule has 1 aromatic carbocycles. The van der Waals surface area contributed by atoms with Crippen molar-refractivity contribution >= 4 is 11.2 Å². The minimum Gasteiger partial charge on any atom is -0.612 e. The molecular weight excluding hydrogens is 192 g/mol. The SMILES string of the molecule is CC1CCCc2cccc([S+](C)[O-])c21. The molecule has 0 amide bonds. The second kappa shape index (κ2) is 3.95. The van der Waals surface area contributed by atoms with Gasteiger partial charge < -0.3 is 4.55 Å². The topological polar surface area (TPSA) is 23.1 Å². The number of hydrogen-bond donors (Lipinski definition) is 0. The lowest BCUT2D eigenvalue weighted by atomic mass is 9.84. The molecule has 0 N–H and O–H groups in total. The first-order valence-corrected chi connectivity index (χ1v) is 6.71. The number of fused-ring (bicyclic) bond motifs is 1. The van der Waals surface area contributed by atoms with E-state index in [2.05, 4.69) is 13.0 Å². The van der Waals surface area contributed by atoms with Gasteiger partial charge in [0.2, 0.25) is 0 Å². The van der Waals surface area contributed by atoms with Gasteiger partial charge in [-0.1, -0.05) is 19.1 Å². The molecule has 2 heteroatoms. The van der Waals surface area contributed by atoms with Crippen molar-refractivity contribution in [2.45, 2.75) is 37.0 Å². The zero-order valence-corrected chi connectivity index (χ0v) is 9.56. The molecule has 0 fully saturated rings. The normalized spacial score (nSPS) is 22.9. The Morgan fingerprint density at radius 1 is 1.43 bits per heavy atom. The molecule has 0 saturated carbocycles. The highest BCUT2D eigenvalue weighted by molar-refractivity contribution is 7.90. The minimum atomic E-state index is -0.839. The fourth-order valence-corrected chi connectivity index (χ4v) is 3.27. The summed E-state index contributed by atoms with van der Waals surface area (Å²) in [6.07, 6.45) is 5.44. The molecule has 1 aromatic rings. The molecule has 1 aliphatic rings. The van der Waals surface area contributed by atoms with Gasteiger partial charge in [-0.15, -0.1) is 0 Å². The van der Waals surface area contributed by atoms with E-state index in [1.54, 1.807) is 6.26 Å². The zero-order chi connectivity index (χ0) is 10.1. The van der Waals surface area contributed by atoms with Gasteiger partial charge in [0.05, 0.1) is 0 Å². The summed E-state index contributed by atoms with van der Waals surface area (Å²) in [7, 11) is 0. The number of rotatable bonds is 1. The van der Waals surface area contributed by atoms with Crippen LogP contribution >= 0.6 is 0 Å². The van der Waals surface area contributed by atoms with Crippen LogP contribution in [0, 0.1) is 0 Å². The van der Waals surface area contributed by atoms with Crippen LogP contribution in [0.3, 0.4) is 0 Å². The van der Waals surface area contributed by atoms with Gasteiger partial charge in [-0.2, -0.15) is 0 Å². The van der Waals surface area contributed by atoms with Gasteiger partial charge in [0.15, 0.2) is 4.90 Å². The average Bonchev–Trinajstić information content (AvgIpc) is 2.17. The standard InChI is InChI=1S/C12H16OS/c1-9-5-3-6-10-7-4-8-11(12(9)10)14(2)13/h4,7-9H,3,5-6H2,1-2H3. The molecule has 1 nitrogen and oxygen atoms in total. The maximum absolute atomic E-state index is 11.6. The average molecular weight is 208 g/mol. The molecule has 0 aliphatic heterocycles. The third-order valence-electron chi connectivity index (χ3n) is 3.04. The molecule has 2 atom stereocenters. The predicted octanol–water partition coefficient (Wildman–Crippen LogP) is 2.86. The van der Waals surface area contributed by atoms with E-state index >= 15 is 0 Å². The second-order valence-electron chi connectivity index (χ2n) is 4.08. The van der Waals surface area contributed by atoms with E-state index in [1.807, 2.05) is 12.1 Å². The lowest BCUT2D eigenvalue weighted by Crippen LogP contribution is -2.12. The Morgan fingerprint density at radius 3 is 2.93 bits per heavy atom. The number of aryl methyl sites for hydroxylation is 1. The molecule has 0 saturated heterocycles. The lowest BCUT2D eigenvalue weighted by molar-refractivity contribution is 0.568. The molecule has 2 rings (SSSR count). The van der Waals surface area contributed by atoms with Crippen molar-refractivity contribution in [1.29, 1.82) is 0 Å². The molecule has 14 heavy (non-hydrogen) atoms. The van der Waals surface area contributed by atoms with Gasteiger partial charge in [0.1, 0.15) is 6.26 Å². The highest BCUT2D eigenvalue weighted by atomic mass is 32.2. The van der Waals surface area contributed by atoms with E-state index in [0.29, 0.717) is 5.92 Å². The summed E-state index contributed by atoms with van der Waals surface area (Å²) in [5, 5.41) is 0. The Bertz CT molecular complexity index is 333. The van der Waals surface area contributed by atoms with Crippen LogP contribution in [0.1, 0.15) is 36.8 Å². The van der Waals surface area contributed by atoms with Crippen molar-refractivity contribution in [2.24, 2.45) is 0 Å². The number of hydrogen-bond acceptors (Lipinski definition) is 1. The van der Waals surface area contributed by atoms with Gasteiger partial charge in [0.25, 0.3) is 0 Å². The van der Waals surface area contributed by atoms with E-state index in [4.69, 9.17) is 0 Å². The predicted molar refractivity (Wildman–Crippen MR) is 60.1 cm³/mol. The summed E-state index contributed by atoms with van der Waals surface area (Å²) in [4.78, 5) is 1.05. The molecular formula is C12H16OS. The van der Waals surface area contributed by atoms with Gasteiger partial charge in [-0.25, -0.2) is 0 Å². The Hall–Kier alpha value is -0.470. The molecule has 1 aliphatic carbocycles. The summed E-state index contributed by atoms with van der Waals surface area (Å²) in [5.41, 5.74) is 2.77. The fourth-order valence-electron chi connectivity index (χ4n) is 2.36. The molecule has 2 unspecified atom stereocenters. The summed E-state index contributed by atoms with van der Waals surface area (Å²) in [6, 6.07) is 6.23. The van der Waals surface area contributed by atoms with E-state index in [9.17, 15) is 4.55 Å². The van der Waals surface area contributed by atoms with E-state index in [0.717, 1.165) is 11.3 Å². The second-order valence-corrected chi connectivity index (χ2v) is 5.42. The molecule has 0 radical (unpaired) electrons. The molecule has 0 bridgehead atoms. The van der Waals surface area contributed by atoms with Crippen molar-refractivity contribution < 1.29 is 4.55 Å². The van der Waals surface area contributed by atoms with Crippen LogP contribution < -0.4 is 0 Å². The van der Waals surface area contributed by atoms with E-state index in [1.165, 1.54) is 24.0 Å². The first-order chi connectivity index (χ1) is 6.70. The van der Waals surface area contributed by atoms with Gasteiger partial charge in [-0.3, -0.25) is 0 Å². The highest BCUT2D eigenvalue weighted by Gasteiger charge is 2.23. The summed E-state index contributed by atoms with van der Waals surface area (Å²) < 4.78 is 11.6. The highest BCUT2D eigenvalue weighted by Crippen LogP contribution is 2.35. The van der Waals surface area contributed by atoms with Crippen LogP contribution in [0.15, 0.2) is 23.1 Å².